The van der Waals surface area contributed by atoms with Gasteiger partial charge in [0.1, 0.15) is 5.82 Å². The second-order valence-corrected chi connectivity index (χ2v) is 5.49. The Morgan fingerprint density at radius 1 is 1.32 bits per heavy atom. The molecule has 1 atom stereocenters. The van der Waals surface area contributed by atoms with Crippen molar-refractivity contribution in [3.05, 3.63) is 30.1 Å². The third-order valence-corrected chi connectivity index (χ3v) is 3.81. The molecule has 0 amide bonds. The van der Waals surface area contributed by atoms with Gasteiger partial charge in [0.2, 0.25) is 0 Å². The van der Waals surface area contributed by atoms with Crippen LogP contribution in [0.1, 0.15) is 12.8 Å². The Balaban J connectivity index is 1.72. The number of hydrogen-bond acceptors (Lipinski definition) is 3. The van der Waals surface area contributed by atoms with E-state index in [-0.39, 0.29) is 5.82 Å². The summed E-state index contributed by atoms with van der Waals surface area (Å²) >= 11 is 0. The van der Waals surface area contributed by atoms with Gasteiger partial charge >= 0.3 is 0 Å². The van der Waals surface area contributed by atoms with Crippen LogP contribution in [0.5, 0.6) is 0 Å². The Labute approximate surface area is 115 Å². The lowest BCUT2D eigenvalue weighted by molar-refractivity contribution is 0.137. The van der Waals surface area contributed by atoms with Crippen LogP contribution in [0.2, 0.25) is 0 Å². The van der Waals surface area contributed by atoms with Crippen LogP contribution in [0.15, 0.2) is 24.3 Å². The first-order valence-corrected chi connectivity index (χ1v) is 7.03. The fourth-order valence-electron chi connectivity index (χ4n) is 2.58. The van der Waals surface area contributed by atoms with Crippen LogP contribution in [-0.2, 0) is 0 Å². The Bertz CT molecular complexity index is 377. The van der Waals surface area contributed by atoms with E-state index < -0.39 is 0 Å². The van der Waals surface area contributed by atoms with Crippen molar-refractivity contribution in [3.63, 3.8) is 0 Å². The molecule has 4 heteroatoms. The van der Waals surface area contributed by atoms with Crippen LogP contribution in [0.3, 0.4) is 0 Å². The standard InChI is InChI=1S/C15H24FN3/c1-18(2)15-4-3-10-19(12-15)11-9-17-14-7-5-13(16)6-8-14/h5-8,15,17H,3-4,9-12H2,1-2H3. The highest BCUT2D eigenvalue weighted by Gasteiger charge is 2.20. The molecule has 1 aliphatic rings. The predicted octanol–water partition coefficient (Wildman–Crippen LogP) is 2.26. The Morgan fingerprint density at radius 3 is 2.74 bits per heavy atom. The lowest BCUT2D eigenvalue weighted by Gasteiger charge is -2.36. The smallest absolute Gasteiger partial charge is 0.123 e. The molecule has 0 aliphatic carbocycles. The SMILES string of the molecule is CN(C)C1CCCN(CCNc2ccc(F)cc2)C1. The molecule has 1 saturated heterocycles. The van der Waals surface area contributed by atoms with Gasteiger partial charge in [-0.15, -0.1) is 0 Å². The molecule has 0 spiro atoms. The summed E-state index contributed by atoms with van der Waals surface area (Å²) in [7, 11) is 4.32. The van der Waals surface area contributed by atoms with Crippen LogP contribution >= 0.6 is 0 Å². The van der Waals surface area contributed by atoms with Gasteiger partial charge in [0, 0.05) is 31.4 Å². The highest BCUT2D eigenvalue weighted by atomic mass is 19.1. The average Bonchev–Trinajstić information content (AvgIpc) is 2.41. The molecular formula is C15H24FN3. The van der Waals surface area contributed by atoms with E-state index in [4.69, 9.17) is 0 Å². The molecule has 0 aromatic heterocycles. The van der Waals surface area contributed by atoms with Gasteiger partial charge in [-0.2, -0.15) is 0 Å². The first-order valence-electron chi connectivity index (χ1n) is 7.03. The highest BCUT2D eigenvalue weighted by Crippen LogP contribution is 2.13. The number of anilines is 1. The van der Waals surface area contributed by atoms with E-state index >= 15 is 0 Å². The lowest BCUT2D eigenvalue weighted by Crippen LogP contribution is -2.46. The van der Waals surface area contributed by atoms with Gasteiger partial charge in [0.15, 0.2) is 0 Å². The van der Waals surface area contributed by atoms with Crippen molar-refractivity contribution in [3.8, 4) is 0 Å². The van der Waals surface area contributed by atoms with E-state index in [1.165, 1.54) is 31.5 Å². The van der Waals surface area contributed by atoms with Crippen molar-refractivity contribution in [1.29, 1.82) is 0 Å². The normalized spacial score (nSPS) is 20.7. The first-order chi connectivity index (χ1) is 9.15. The largest absolute Gasteiger partial charge is 0.384 e. The van der Waals surface area contributed by atoms with Crippen LogP contribution in [0.4, 0.5) is 10.1 Å². The zero-order valence-corrected chi connectivity index (χ0v) is 11.9. The van der Waals surface area contributed by atoms with Crippen molar-refractivity contribution in [1.82, 2.24) is 9.80 Å². The number of nitrogens with one attached hydrogen (secondary N) is 1. The van der Waals surface area contributed by atoms with Crippen molar-refractivity contribution in [2.45, 2.75) is 18.9 Å². The number of rotatable bonds is 5. The van der Waals surface area contributed by atoms with Crippen LogP contribution < -0.4 is 5.32 Å². The molecule has 1 N–H and O–H groups in total. The minimum Gasteiger partial charge on any atom is -0.384 e. The molecule has 1 fully saturated rings. The van der Waals surface area contributed by atoms with Crippen molar-refractivity contribution in [2.24, 2.45) is 0 Å². The number of likely N-dealkylation sites (N-methyl/N-ethyl adjacent to an activating group) is 1. The molecule has 1 aromatic rings. The third-order valence-electron chi connectivity index (χ3n) is 3.81. The van der Waals surface area contributed by atoms with E-state index in [0.29, 0.717) is 6.04 Å². The monoisotopic (exact) mass is 265 g/mol. The van der Waals surface area contributed by atoms with Gasteiger partial charge in [-0.3, -0.25) is 0 Å². The number of hydrogen-bond donors (Lipinski definition) is 1. The summed E-state index contributed by atoms with van der Waals surface area (Å²) < 4.78 is 12.8. The van der Waals surface area contributed by atoms with Crippen LogP contribution in [-0.4, -0.2) is 56.1 Å². The summed E-state index contributed by atoms with van der Waals surface area (Å²) in [6.07, 6.45) is 2.58. The van der Waals surface area contributed by atoms with Gasteiger partial charge in [-0.25, -0.2) is 4.39 Å². The van der Waals surface area contributed by atoms with Gasteiger partial charge in [-0.05, 0) is 57.7 Å². The van der Waals surface area contributed by atoms with Gasteiger partial charge in [0.25, 0.3) is 0 Å². The number of piperidine rings is 1. The van der Waals surface area contributed by atoms with Crippen molar-refractivity contribution >= 4 is 5.69 Å². The van der Waals surface area contributed by atoms with E-state index in [2.05, 4.69) is 29.2 Å². The molecule has 1 aliphatic heterocycles. The molecule has 106 valence electrons. The highest BCUT2D eigenvalue weighted by molar-refractivity contribution is 5.42. The Morgan fingerprint density at radius 2 is 2.05 bits per heavy atom. The van der Waals surface area contributed by atoms with Crippen LogP contribution in [0.25, 0.3) is 0 Å². The molecule has 0 saturated carbocycles. The summed E-state index contributed by atoms with van der Waals surface area (Å²) in [5, 5.41) is 3.34. The zero-order chi connectivity index (χ0) is 13.7. The molecule has 1 unspecified atom stereocenters. The topological polar surface area (TPSA) is 18.5 Å². The van der Waals surface area contributed by atoms with Gasteiger partial charge < -0.3 is 15.1 Å². The minimum atomic E-state index is -0.185. The molecular weight excluding hydrogens is 241 g/mol. The molecule has 3 nitrogen and oxygen atoms in total. The molecule has 1 heterocycles. The van der Waals surface area contributed by atoms with Crippen molar-refractivity contribution < 1.29 is 4.39 Å². The fraction of sp³-hybridized carbons (Fsp3) is 0.600. The third kappa shape index (κ3) is 4.48. The second kappa shape index (κ2) is 6.87. The summed E-state index contributed by atoms with van der Waals surface area (Å²) in [6.45, 7) is 4.29. The second-order valence-electron chi connectivity index (χ2n) is 5.49. The van der Waals surface area contributed by atoms with Gasteiger partial charge in [0.05, 0.1) is 0 Å². The summed E-state index contributed by atoms with van der Waals surface area (Å²) in [5.74, 6) is -0.185. The summed E-state index contributed by atoms with van der Waals surface area (Å²) in [4.78, 5) is 4.82. The maximum atomic E-state index is 12.8. The van der Waals surface area contributed by atoms with E-state index in [0.717, 1.165) is 25.3 Å². The lowest BCUT2D eigenvalue weighted by atomic mass is 10.1. The maximum Gasteiger partial charge on any atom is 0.123 e. The van der Waals surface area contributed by atoms with E-state index in [9.17, 15) is 4.39 Å². The number of halogens is 1. The summed E-state index contributed by atoms with van der Waals surface area (Å²) in [5.41, 5.74) is 0.988. The molecule has 2 rings (SSSR count). The fourth-order valence-corrected chi connectivity index (χ4v) is 2.58. The maximum absolute atomic E-state index is 12.8. The molecule has 19 heavy (non-hydrogen) atoms. The van der Waals surface area contributed by atoms with Gasteiger partial charge in [-0.1, -0.05) is 0 Å². The Hall–Kier alpha value is -1.13. The predicted molar refractivity (Wildman–Crippen MR) is 78.0 cm³/mol. The van der Waals surface area contributed by atoms with E-state index in [1.807, 2.05) is 0 Å². The number of benzene rings is 1. The van der Waals surface area contributed by atoms with Crippen LogP contribution in [0, 0.1) is 5.82 Å². The zero-order valence-electron chi connectivity index (χ0n) is 11.9. The van der Waals surface area contributed by atoms with Crippen molar-refractivity contribution in [2.75, 3.05) is 45.6 Å². The number of likely N-dealkylation sites (tertiary alicyclic amines) is 1. The minimum absolute atomic E-state index is 0.185. The molecule has 0 radical (unpaired) electrons. The van der Waals surface area contributed by atoms with E-state index in [1.54, 1.807) is 12.1 Å². The number of nitrogens with zero attached hydrogens (tertiary/aromatic N) is 2. The Kier molecular flexibility index (Phi) is 5.16. The quantitative estimate of drug-likeness (QED) is 0.881. The molecule has 0 bridgehead atoms. The summed E-state index contributed by atoms with van der Waals surface area (Å²) in [6, 6.07) is 7.23. The molecule has 1 aromatic carbocycles. The first kappa shape index (κ1) is 14.3. The average molecular weight is 265 g/mol.